The van der Waals surface area contributed by atoms with Gasteiger partial charge in [0.1, 0.15) is 6.33 Å². The average Bonchev–Trinajstić information content (AvgIpc) is 2.85. The Bertz CT molecular complexity index is 462. The molecule has 118 valence electrons. The molecule has 1 N–H and O–H groups in total. The molecule has 0 bridgehead atoms. The lowest BCUT2D eigenvalue weighted by Crippen LogP contribution is -2.48. The summed E-state index contributed by atoms with van der Waals surface area (Å²) in [4.78, 5) is 24.6. The zero-order valence-corrected chi connectivity index (χ0v) is 12.8. The van der Waals surface area contributed by atoms with Crippen LogP contribution in [0.5, 0.6) is 0 Å². The summed E-state index contributed by atoms with van der Waals surface area (Å²) < 4.78 is 1.84. The SMILES string of the molecule is CN(Cc1nncn1C)C(=O)C1CCCCN1C.O=CO. The molecule has 0 spiro atoms. The topological polar surface area (TPSA) is 91.6 Å². The van der Waals surface area contributed by atoms with Gasteiger partial charge in [0.25, 0.3) is 6.47 Å². The van der Waals surface area contributed by atoms with Crippen molar-refractivity contribution >= 4 is 12.4 Å². The van der Waals surface area contributed by atoms with Crippen molar-refractivity contribution < 1.29 is 14.7 Å². The number of amides is 1. The molecular weight excluding hydrogens is 274 g/mol. The van der Waals surface area contributed by atoms with Gasteiger partial charge in [0.2, 0.25) is 5.91 Å². The highest BCUT2D eigenvalue weighted by Gasteiger charge is 2.28. The minimum absolute atomic E-state index is 0.0250. The summed E-state index contributed by atoms with van der Waals surface area (Å²) in [6.07, 6.45) is 4.94. The minimum Gasteiger partial charge on any atom is -0.483 e. The van der Waals surface area contributed by atoms with E-state index in [4.69, 9.17) is 9.90 Å². The number of likely N-dealkylation sites (tertiary alicyclic amines) is 1. The third-order valence-corrected chi connectivity index (χ3v) is 3.62. The van der Waals surface area contributed by atoms with Crippen LogP contribution in [0.4, 0.5) is 0 Å². The second-order valence-electron chi connectivity index (χ2n) is 5.15. The third-order valence-electron chi connectivity index (χ3n) is 3.62. The number of hydrogen-bond acceptors (Lipinski definition) is 5. The fraction of sp³-hybridized carbons (Fsp3) is 0.692. The predicted molar refractivity (Wildman–Crippen MR) is 76.4 cm³/mol. The summed E-state index contributed by atoms with van der Waals surface area (Å²) in [5.41, 5.74) is 0. The van der Waals surface area contributed by atoms with Crippen LogP contribution in [-0.2, 0) is 23.2 Å². The van der Waals surface area contributed by atoms with Gasteiger partial charge in [0.05, 0.1) is 12.6 Å². The van der Waals surface area contributed by atoms with Gasteiger partial charge in [-0.05, 0) is 26.4 Å². The number of rotatable bonds is 3. The van der Waals surface area contributed by atoms with E-state index in [1.54, 1.807) is 11.2 Å². The van der Waals surface area contributed by atoms with E-state index in [0.717, 1.165) is 25.2 Å². The average molecular weight is 297 g/mol. The van der Waals surface area contributed by atoms with E-state index < -0.39 is 0 Å². The molecule has 0 aromatic carbocycles. The second kappa shape index (κ2) is 8.35. The molecule has 0 aliphatic carbocycles. The minimum atomic E-state index is -0.250. The molecule has 8 nitrogen and oxygen atoms in total. The van der Waals surface area contributed by atoms with Gasteiger partial charge >= 0.3 is 0 Å². The lowest BCUT2D eigenvalue weighted by molar-refractivity contribution is -0.137. The molecule has 1 aromatic heterocycles. The van der Waals surface area contributed by atoms with Crippen LogP contribution in [0.1, 0.15) is 25.1 Å². The van der Waals surface area contributed by atoms with Gasteiger partial charge in [-0.25, -0.2) is 0 Å². The zero-order valence-electron chi connectivity index (χ0n) is 12.8. The number of nitrogens with zero attached hydrogens (tertiary/aromatic N) is 5. The Morgan fingerprint density at radius 2 is 2.19 bits per heavy atom. The first-order chi connectivity index (χ1) is 10.0. The fourth-order valence-electron chi connectivity index (χ4n) is 2.38. The standard InChI is InChI=1S/C12H21N5O.CH2O2/c1-15-7-5-4-6-10(15)12(18)16(2)8-11-14-13-9-17(11)3;2-1-3/h9-10H,4-8H2,1-3H3;1H,(H,2,3). The van der Waals surface area contributed by atoms with Crippen molar-refractivity contribution in [3.05, 3.63) is 12.2 Å². The fourth-order valence-corrected chi connectivity index (χ4v) is 2.38. The summed E-state index contributed by atoms with van der Waals surface area (Å²) in [6.45, 7) is 1.27. The van der Waals surface area contributed by atoms with E-state index in [9.17, 15) is 4.79 Å². The first-order valence-corrected chi connectivity index (χ1v) is 6.87. The molecule has 1 aliphatic heterocycles. The van der Waals surface area contributed by atoms with Gasteiger partial charge in [-0.1, -0.05) is 6.42 Å². The zero-order chi connectivity index (χ0) is 15.8. The molecule has 0 saturated carbocycles. The molecule has 1 aromatic rings. The Morgan fingerprint density at radius 3 is 2.71 bits per heavy atom. The lowest BCUT2D eigenvalue weighted by atomic mass is 10.0. The molecule has 21 heavy (non-hydrogen) atoms. The molecule has 1 fully saturated rings. The first-order valence-electron chi connectivity index (χ1n) is 6.87. The van der Waals surface area contributed by atoms with E-state index in [1.165, 1.54) is 6.42 Å². The normalized spacial score (nSPS) is 18.5. The van der Waals surface area contributed by atoms with E-state index in [-0.39, 0.29) is 18.4 Å². The number of piperidine rings is 1. The Kier molecular flexibility index (Phi) is 6.80. The van der Waals surface area contributed by atoms with E-state index in [2.05, 4.69) is 15.1 Å². The van der Waals surface area contributed by atoms with E-state index in [0.29, 0.717) is 6.54 Å². The van der Waals surface area contributed by atoms with Crippen LogP contribution in [0.25, 0.3) is 0 Å². The maximum Gasteiger partial charge on any atom is 0.290 e. The summed E-state index contributed by atoms with van der Waals surface area (Å²) >= 11 is 0. The van der Waals surface area contributed by atoms with Gasteiger partial charge in [-0.2, -0.15) is 0 Å². The molecule has 1 saturated heterocycles. The molecule has 1 atom stereocenters. The Balaban J connectivity index is 0.000000677. The third kappa shape index (κ3) is 4.82. The maximum absolute atomic E-state index is 12.4. The molecule has 0 radical (unpaired) electrons. The largest absolute Gasteiger partial charge is 0.483 e. The second-order valence-corrected chi connectivity index (χ2v) is 5.15. The van der Waals surface area contributed by atoms with Crippen LogP contribution in [0.2, 0.25) is 0 Å². The molecule has 1 unspecified atom stereocenters. The first kappa shape index (κ1) is 17.1. The molecule has 1 aliphatic rings. The Labute approximate surface area is 124 Å². The van der Waals surface area contributed by atoms with Crippen molar-refractivity contribution in [3.8, 4) is 0 Å². The smallest absolute Gasteiger partial charge is 0.290 e. The van der Waals surface area contributed by atoms with Crippen molar-refractivity contribution in [2.24, 2.45) is 7.05 Å². The molecular formula is C13H23N5O3. The van der Waals surface area contributed by atoms with Crippen LogP contribution >= 0.6 is 0 Å². The van der Waals surface area contributed by atoms with Crippen molar-refractivity contribution in [2.45, 2.75) is 31.8 Å². The van der Waals surface area contributed by atoms with Crippen LogP contribution in [-0.4, -0.2) is 68.7 Å². The number of carboxylic acid groups (broad SMARTS) is 1. The number of carbonyl (C=O) groups excluding carboxylic acids is 1. The summed E-state index contributed by atoms with van der Waals surface area (Å²) in [6, 6.07) is 0.0250. The number of likely N-dealkylation sites (N-methyl/N-ethyl adjacent to an activating group) is 2. The van der Waals surface area contributed by atoms with Crippen molar-refractivity contribution in [3.63, 3.8) is 0 Å². The molecule has 1 amide bonds. The van der Waals surface area contributed by atoms with Gasteiger partial charge in [-0.15, -0.1) is 10.2 Å². The number of aryl methyl sites for hydroxylation is 1. The molecule has 8 heteroatoms. The lowest BCUT2D eigenvalue weighted by Gasteiger charge is -2.33. The highest BCUT2D eigenvalue weighted by molar-refractivity contribution is 5.81. The monoisotopic (exact) mass is 297 g/mol. The van der Waals surface area contributed by atoms with Crippen LogP contribution < -0.4 is 0 Å². The number of aromatic nitrogens is 3. The number of carbonyl (C=O) groups is 2. The van der Waals surface area contributed by atoms with E-state index >= 15 is 0 Å². The maximum atomic E-state index is 12.4. The van der Waals surface area contributed by atoms with Crippen LogP contribution in [0, 0.1) is 0 Å². The molecule has 2 heterocycles. The quantitative estimate of drug-likeness (QED) is 0.787. The summed E-state index contributed by atoms with van der Waals surface area (Å²) in [5, 5.41) is 14.7. The van der Waals surface area contributed by atoms with Crippen LogP contribution in [0.15, 0.2) is 6.33 Å². The summed E-state index contributed by atoms with van der Waals surface area (Å²) in [7, 11) is 5.75. The van der Waals surface area contributed by atoms with E-state index in [1.807, 2.05) is 25.7 Å². The highest BCUT2D eigenvalue weighted by Crippen LogP contribution is 2.17. The van der Waals surface area contributed by atoms with Crippen molar-refractivity contribution in [2.75, 3.05) is 20.6 Å². The molecule has 2 rings (SSSR count). The predicted octanol–water partition coefficient (Wildman–Crippen LogP) is -0.0414. The van der Waals surface area contributed by atoms with Crippen molar-refractivity contribution in [1.29, 1.82) is 0 Å². The van der Waals surface area contributed by atoms with Crippen LogP contribution in [0.3, 0.4) is 0 Å². The van der Waals surface area contributed by atoms with Gasteiger partial charge < -0.3 is 14.6 Å². The van der Waals surface area contributed by atoms with Gasteiger partial charge in [0, 0.05) is 14.1 Å². The van der Waals surface area contributed by atoms with Crippen molar-refractivity contribution in [1.82, 2.24) is 24.6 Å². The number of hydrogen-bond donors (Lipinski definition) is 1. The highest BCUT2D eigenvalue weighted by atomic mass is 16.3. The summed E-state index contributed by atoms with van der Waals surface area (Å²) in [5.74, 6) is 0.990. The van der Waals surface area contributed by atoms with Gasteiger partial charge in [-0.3, -0.25) is 14.5 Å². The Morgan fingerprint density at radius 1 is 1.52 bits per heavy atom. The Hall–Kier alpha value is -1.96. The van der Waals surface area contributed by atoms with Gasteiger partial charge in [0.15, 0.2) is 5.82 Å².